The Kier molecular flexibility index (Phi) is 4.14. The lowest BCUT2D eigenvalue weighted by Crippen LogP contribution is -2.14. The predicted molar refractivity (Wildman–Crippen MR) is 74.1 cm³/mol. The first-order valence-corrected chi connectivity index (χ1v) is 7.66. The number of nitrogens with zero attached hydrogens (tertiary/aromatic N) is 3. The molecule has 0 aliphatic rings. The van der Waals surface area contributed by atoms with Crippen LogP contribution in [0.15, 0.2) is 30.3 Å². The zero-order chi connectivity index (χ0) is 13.1. The van der Waals surface area contributed by atoms with Gasteiger partial charge >= 0.3 is 0 Å². The summed E-state index contributed by atoms with van der Waals surface area (Å²) in [5, 5.41) is 8.32. The van der Waals surface area contributed by atoms with E-state index in [4.69, 9.17) is 11.6 Å². The van der Waals surface area contributed by atoms with Crippen molar-refractivity contribution in [3.8, 4) is 11.4 Å². The maximum atomic E-state index is 11.3. The fourth-order valence-corrected chi connectivity index (χ4v) is 2.97. The van der Waals surface area contributed by atoms with Crippen molar-refractivity contribution in [3.63, 3.8) is 0 Å². The van der Waals surface area contributed by atoms with E-state index in [1.54, 1.807) is 6.26 Å². The molecule has 2 rings (SSSR count). The molecule has 1 aromatic heterocycles. The maximum absolute atomic E-state index is 11.3. The highest BCUT2D eigenvalue weighted by Crippen LogP contribution is 2.24. The van der Waals surface area contributed by atoms with Crippen molar-refractivity contribution < 1.29 is 4.21 Å². The van der Waals surface area contributed by atoms with E-state index in [2.05, 4.69) is 10.2 Å². The third kappa shape index (κ3) is 2.79. The molecule has 0 radical (unpaired) electrons. The van der Waals surface area contributed by atoms with Crippen LogP contribution in [0.2, 0.25) is 5.28 Å². The van der Waals surface area contributed by atoms with Gasteiger partial charge in [0.2, 0.25) is 5.28 Å². The summed E-state index contributed by atoms with van der Waals surface area (Å²) < 4.78 is 13.1. The lowest BCUT2D eigenvalue weighted by atomic mass is 10.2. The molecule has 1 aromatic carbocycles. The van der Waals surface area contributed by atoms with Gasteiger partial charge in [0.1, 0.15) is 0 Å². The Morgan fingerprint density at radius 2 is 2.00 bits per heavy atom. The van der Waals surface area contributed by atoms with Crippen molar-refractivity contribution in [2.24, 2.45) is 0 Å². The predicted octanol–water partition coefficient (Wildman–Crippen LogP) is 2.54. The van der Waals surface area contributed by atoms with Gasteiger partial charge in [-0.05, 0) is 18.5 Å². The molecule has 0 aliphatic carbocycles. The van der Waals surface area contributed by atoms with E-state index in [0.717, 1.165) is 5.56 Å². The van der Waals surface area contributed by atoms with Crippen LogP contribution in [0.4, 0.5) is 0 Å². The summed E-state index contributed by atoms with van der Waals surface area (Å²) in [6, 6.07) is 9.71. The molecule has 18 heavy (non-hydrogen) atoms. The summed E-state index contributed by atoms with van der Waals surface area (Å²) in [6.07, 6.45) is 1.68. The van der Waals surface area contributed by atoms with Crippen LogP contribution in [0.25, 0.3) is 11.4 Å². The average molecular weight is 284 g/mol. The van der Waals surface area contributed by atoms with E-state index in [9.17, 15) is 4.21 Å². The van der Waals surface area contributed by atoms with Crippen molar-refractivity contribution >= 4 is 22.4 Å². The summed E-state index contributed by atoms with van der Waals surface area (Å²) in [6.45, 7) is 1.96. The number of benzene rings is 1. The fourth-order valence-electron chi connectivity index (χ4n) is 1.86. The second-order valence-electron chi connectivity index (χ2n) is 4.12. The molecule has 96 valence electrons. The molecule has 1 heterocycles. The van der Waals surface area contributed by atoms with Crippen LogP contribution in [-0.2, 0) is 10.8 Å². The molecule has 4 nitrogen and oxygen atoms in total. The third-order valence-corrected chi connectivity index (χ3v) is 3.81. The van der Waals surface area contributed by atoms with Gasteiger partial charge in [-0.25, -0.2) is 0 Å². The zero-order valence-electron chi connectivity index (χ0n) is 10.2. The molecule has 0 aliphatic heterocycles. The topological polar surface area (TPSA) is 47.8 Å². The molecule has 0 N–H and O–H groups in total. The maximum Gasteiger partial charge on any atom is 0.225 e. The van der Waals surface area contributed by atoms with Crippen molar-refractivity contribution in [3.05, 3.63) is 35.6 Å². The van der Waals surface area contributed by atoms with Gasteiger partial charge in [0.05, 0.1) is 0 Å². The molecule has 2 aromatic rings. The Morgan fingerprint density at radius 3 is 2.61 bits per heavy atom. The number of rotatable bonds is 4. The number of halogens is 1. The van der Waals surface area contributed by atoms with Crippen LogP contribution in [0.5, 0.6) is 0 Å². The van der Waals surface area contributed by atoms with E-state index >= 15 is 0 Å². The molecule has 0 spiro atoms. The summed E-state index contributed by atoms with van der Waals surface area (Å²) >= 11 is 6.06. The van der Waals surface area contributed by atoms with Crippen LogP contribution >= 0.6 is 11.6 Å². The van der Waals surface area contributed by atoms with E-state index in [0.29, 0.717) is 16.9 Å². The average Bonchev–Trinajstić information content (AvgIpc) is 2.71. The van der Waals surface area contributed by atoms with Gasteiger partial charge in [-0.2, -0.15) is 0 Å². The highest BCUT2D eigenvalue weighted by molar-refractivity contribution is 7.84. The Bertz CT molecular complexity index is 556. The molecule has 0 amide bonds. The monoisotopic (exact) mass is 283 g/mol. The Morgan fingerprint density at radius 1 is 1.33 bits per heavy atom. The second kappa shape index (κ2) is 5.63. The van der Waals surface area contributed by atoms with Crippen LogP contribution in [0.1, 0.15) is 13.0 Å². The van der Waals surface area contributed by atoms with Crippen LogP contribution in [0, 0.1) is 0 Å². The van der Waals surface area contributed by atoms with Crippen LogP contribution in [0.3, 0.4) is 0 Å². The van der Waals surface area contributed by atoms with Gasteiger partial charge in [-0.3, -0.25) is 8.78 Å². The quantitative estimate of drug-likeness (QED) is 0.866. The lowest BCUT2D eigenvalue weighted by molar-refractivity contribution is 0.601. The Balaban J connectivity index is 2.42. The van der Waals surface area contributed by atoms with E-state index in [-0.39, 0.29) is 6.04 Å². The first kappa shape index (κ1) is 13.2. The minimum absolute atomic E-state index is 0.00598. The largest absolute Gasteiger partial charge is 0.294 e. The molecular weight excluding hydrogens is 270 g/mol. The lowest BCUT2D eigenvalue weighted by Gasteiger charge is -2.15. The molecule has 0 fully saturated rings. The third-order valence-electron chi connectivity index (χ3n) is 2.60. The van der Waals surface area contributed by atoms with E-state index in [1.807, 2.05) is 41.8 Å². The molecule has 0 bridgehead atoms. The van der Waals surface area contributed by atoms with Crippen molar-refractivity contribution in [2.75, 3.05) is 12.0 Å². The summed E-state index contributed by atoms with van der Waals surface area (Å²) in [5.74, 6) is 1.23. The minimum atomic E-state index is -0.888. The molecule has 6 heteroatoms. The zero-order valence-corrected chi connectivity index (χ0v) is 11.8. The standard InChI is InChI=1S/C12H14ClN3OS/c1-9(8-18(2)17)16-11(14-15-12(16)13)10-6-4-3-5-7-10/h3-7,9H,8H2,1-2H3. The van der Waals surface area contributed by atoms with Gasteiger partial charge in [0.25, 0.3) is 0 Å². The van der Waals surface area contributed by atoms with Crippen molar-refractivity contribution in [2.45, 2.75) is 13.0 Å². The van der Waals surface area contributed by atoms with E-state index in [1.165, 1.54) is 0 Å². The molecule has 2 unspecified atom stereocenters. The first-order chi connectivity index (χ1) is 8.59. The second-order valence-corrected chi connectivity index (χ2v) is 5.94. The van der Waals surface area contributed by atoms with E-state index < -0.39 is 10.8 Å². The van der Waals surface area contributed by atoms with Crippen LogP contribution < -0.4 is 0 Å². The molecule has 0 saturated heterocycles. The van der Waals surface area contributed by atoms with Gasteiger partial charge in [-0.15, -0.1) is 10.2 Å². The van der Waals surface area contributed by atoms with Crippen molar-refractivity contribution in [1.82, 2.24) is 14.8 Å². The molecule has 0 saturated carbocycles. The van der Waals surface area contributed by atoms with Gasteiger partial charge in [-0.1, -0.05) is 30.3 Å². The van der Waals surface area contributed by atoms with Crippen molar-refractivity contribution in [1.29, 1.82) is 0 Å². The highest BCUT2D eigenvalue weighted by Gasteiger charge is 2.18. The normalized spacial score (nSPS) is 14.4. The number of hydrogen-bond donors (Lipinski definition) is 0. The fraction of sp³-hybridized carbons (Fsp3) is 0.333. The Labute approximate surface area is 113 Å². The smallest absolute Gasteiger partial charge is 0.225 e. The van der Waals surface area contributed by atoms with Gasteiger partial charge in [0.15, 0.2) is 5.82 Å². The number of hydrogen-bond acceptors (Lipinski definition) is 3. The summed E-state index contributed by atoms with van der Waals surface area (Å²) in [7, 11) is -0.888. The van der Waals surface area contributed by atoms with Gasteiger partial charge < -0.3 is 0 Å². The molecule has 2 atom stereocenters. The SMILES string of the molecule is CC(CS(C)=O)n1c(Cl)nnc1-c1ccccc1. The Hall–Kier alpha value is -1.20. The van der Waals surface area contributed by atoms with Gasteiger partial charge in [0, 0.05) is 34.4 Å². The summed E-state index contributed by atoms with van der Waals surface area (Å²) in [5.41, 5.74) is 0.950. The minimum Gasteiger partial charge on any atom is -0.294 e. The molecular formula is C12H14ClN3OS. The first-order valence-electron chi connectivity index (χ1n) is 5.55. The number of aromatic nitrogens is 3. The summed E-state index contributed by atoms with van der Waals surface area (Å²) in [4.78, 5) is 0. The van der Waals surface area contributed by atoms with Crippen LogP contribution in [-0.4, -0.2) is 31.0 Å². The highest BCUT2D eigenvalue weighted by atomic mass is 35.5.